The van der Waals surface area contributed by atoms with Crippen LogP contribution in [-0.4, -0.2) is 23.9 Å². The van der Waals surface area contributed by atoms with Crippen LogP contribution in [0.15, 0.2) is 24.3 Å². The van der Waals surface area contributed by atoms with Gasteiger partial charge in [-0.1, -0.05) is 57.9 Å². The second-order valence-corrected chi connectivity index (χ2v) is 6.33. The van der Waals surface area contributed by atoms with Gasteiger partial charge in [-0.25, -0.2) is 0 Å². The molecule has 1 amide bonds. The first-order valence-corrected chi connectivity index (χ1v) is 8.55. The van der Waals surface area contributed by atoms with Crippen LogP contribution in [0.25, 0.3) is 0 Å². The summed E-state index contributed by atoms with van der Waals surface area (Å²) in [4.78, 5) is 15.1. The number of unbranched alkanes of at least 4 members (excludes halogenated alkanes) is 2. The molecule has 0 aromatic heterocycles. The van der Waals surface area contributed by atoms with Crippen molar-refractivity contribution in [2.45, 2.75) is 58.8 Å². The van der Waals surface area contributed by atoms with E-state index in [1.165, 1.54) is 11.1 Å². The van der Waals surface area contributed by atoms with Gasteiger partial charge in [0.1, 0.15) is 0 Å². The highest BCUT2D eigenvalue weighted by Crippen LogP contribution is 2.38. The van der Waals surface area contributed by atoms with Gasteiger partial charge in [0.25, 0.3) is 0 Å². The molecular weight excluding hydrogens is 258 g/mol. The summed E-state index contributed by atoms with van der Waals surface area (Å²) < 4.78 is 0. The summed E-state index contributed by atoms with van der Waals surface area (Å²) in [5.74, 6) is 0.885. The van der Waals surface area contributed by atoms with E-state index >= 15 is 0 Å². The highest BCUT2D eigenvalue weighted by molar-refractivity contribution is 5.81. The third kappa shape index (κ3) is 3.66. The van der Waals surface area contributed by atoms with Gasteiger partial charge in [0, 0.05) is 19.0 Å². The molecule has 0 bridgehead atoms. The summed E-state index contributed by atoms with van der Waals surface area (Å²) in [5.41, 5.74) is 2.75. The SMILES string of the molecule is CCCCN(CCCC)C(=O)[C@H]1Cc2ccccc2[C@@H]1C. The molecule has 0 unspecified atom stereocenters. The third-order valence-corrected chi connectivity index (χ3v) is 4.78. The van der Waals surface area contributed by atoms with E-state index in [0.717, 1.165) is 45.2 Å². The maximum atomic E-state index is 13.0. The molecule has 0 saturated heterocycles. The van der Waals surface area contributed by atoms with Gasteiger partial charge in [-0.05, 0) is 36.3 Å². The first-order valence-electron chi connectivity index (χ1n) is 8.55. The molecule has 116 valence electrons. The van der Waals surface area contributed by atoms with E-state index in [0.29, 0.717) is 11.8 Å². The zero-order valence-electron chi connectivity index (χ0n) is 13.8. The molecule has 2 nitrogen and oxygen atoms in total. The number of amides is 1. The highest BCUT2D eigenvalue weighted by Gasteiger charge is 2.35. The Morgan fingerprint density at radius 2 is 1.76 bits per heavy atom. The smallest absolute Gasteiger partial charge is 0.226 e. The van der Waals surface area contributed by atoms with Gasteiger partial charge in [-0.15, -0.1) is 0 Å². The molecule has 0 N–H and O–H groups in total. The normalized spacial score (nSPS) is 20.3. The number of carbonyl (C=O) groups excluding carboxylic acids is 1. The molecule has 2 atom stereocenters. The quantitative estimate of drug-likeness (QED) is 0.728. The van der Waals surface area contributed by atoms with Crippen molar-refractivity contribution in [3.8, 4) is 0 Å². The maximum Gasteiger partial charge on any atom is 0.226 e. The van der Waals surface area contributed by atoms with E-state index in [2.05, 4.69) is 49.9 Å². The van der Waals surface area contributed by atoms with Crippen molar-refractivity contribution in [3.05, 3.63) is 35.4 Å². The Hall–Kier alpha value is -1.31. The number of benzene rings is 1. The van der Waals surface area contributed by atoms with Crippen LogP contribution >= 0.6 is 0 Å². The predicted molar refractivity (Wildman–Crippen MR) is 88.4 cm³/mol. The van der Waals surface area contributed by atoms with Crippen molar-refractivity contribution >= 4 is 5.91 Å². The van der Waals surface area contributed by atoms with Gasteiger partial charge < -0.3 is 4.90 Å². The van der Waals surface area contributed by atoms with E-state index in [1.807, 2.05) is 0 Å². The lowest BCUT2D eigenvalue weighted by molar-refractivity contribution is -0.136. The fourth-order valence-corrected chi connectivity index (χ4v) is 3.36. The Kier molecular flexibility index (Phi) is 5.84. The molecule has 2 heteroatoms. The van der Waals surface area contributed by atoms with Crippen LogP contribution in [0.1, 0.15) is 63.5 Å². The monoisotopic (exact) mass is 287 g/mol. The molecule has 21 heavy (non-hydrogen) atoms. The highest BCUT2D eigenvalue weighted by atomic mass is 16.2. The number of carbonyl (C=O) groups is 1. The Bertz CT molecular complexity index is 460. The Morgan fingerprint density at radius 3 is 2.33 bits per heavy atom. The second kappa shape index (κ2) is 7.63. The van der Waals surface area contributed by atoms with Crippen molar-refractivity contribution in [1.29, 1.82) is 0 Å². The third-order valence-electron chi connectivity index (χ3n) is 4.78. The summed E-state index contributed by atoms with van der Waals surface area (Å²) in [7, 11) is 0. The predicted octanol–water partition coefficient (Wildman–Crippen LogP) is 4.39. The Labute approximate surface area is 129 Å². The van der Waals surface area contributed by atoms with Crippen molar-refractivity contribution in [1.82, 2.24) is 4.90 Å². The number of fused-ring (bicyclic) bond motifs is 1. The van der Waals surface area contributed by atoms with Crippen LogP contribution in [0.4, 0.5) is 0 Å². The summed E-state index contributed by atoms with van der Waals surface area (Å²) in [6.07, 6.45) is 5.45. The molecule has 0 fully saturated rings. The molecule has 0 spiro atoms. The van der Waals surface area contributed by atoms with E-state index in [1.54, 1.807) is 0 Å². The van der Waals surface area contributed by atoms with Crippen LogP contribution in [0, 0.1) is 5.92 Å². The molecule has 0 aliphatic heterocycles. The first-order chi connectivity index (χ1) is 10.2. The van der Waals surface area contributed by atoms with E-state index in [9.17, 15) is 4.79 Å². The molecule has 1 aromatic rings. The number of nitrogens with zero attached hydrogens (tertiary/aromatic N) is 1. The van der Waals surface area contributed by atoms with Gasteiger partial charge in [-0.3, -0.25) is 4.79 Å². The van der Waals surface area contributed by atoms with Gasteiger partial charge in [-0.2, -0.15) is 0 Å². The van der Waals surface area contributed by atoms with Crippen LogP contribution in [0.3, 0.4) is 0 Å². The maximum absolute atomic E-state index is 13.0. The molecule has 1 aliphatic carbocycles. The Balaban J connectivity index is 2.07. The van der Waals surface area contributed by atoms with Gasteiger partial charge in [0.15, 0.2) is 0 Å². The number of hydrogen-bond donors (Lipinski definition) is 0. The van der Waals surface area contributed by atoms with E-state index in [-0.39, 0.29) is 5.92 Å². The van der Waals surface area contributed by atoms with E-state index < -0.39 is 0 Å². The average molecular weight is 287 g/mol. The van der Waals surface area contributed by atoms with Gasteiger partial charge >= 0.3 is 0 Å². The summed E-state index contributed by atoms with van der Waals surface area (Å²) >= 11 is 0. The van der Waals surface area contributed by atoms with Gasteiger partial charge in [0.05, 0.1) is 0 Å². The van der Waals surface area contributed by atoms with Gasteiger partial charge in [0.2, 0.25) is 5.91 Å². The van der Waals surface area contributed by atoms with Crippen LogP contribution in [0.5, 0.6) is 0 Å². The minimum Gasteiger partial charge on any atom is -0.342 e. The van der Waals surface area contributed by atoms with Crippen molar-refractivity contribution < 1.29 is 4.79 Å². The fourth-order valence-electron chi connectivity index (χ4n) is 3.36. The molecule has 1 aliphatic rings. The van der Waals surface area contributed by atoms with Crippen LogP contribution < -0.4 is 0 Å². The molecule has 0 radical (unpaired) electrons. The fraction of sp³-hybridized carbons (Fsp3) is 0.632. The lowest BCUT2D eigenvalue weighted by Crippen LogP contribution is -2.38. The average Bonchev–Trinajstić information content (AvgIpc) is 2.84. The molecule has 1 aromatic carbocycles. The Morgan fingerprint density at radius 1 is 1.14 bits per heavy atom. The second-order valence-electron chi connectivity index (χ2n) is 6.33. The van der Waals surface area contributed by atoms with Crippen LogP contribution in [-0.2, 0) is 11.2 Å². The van der Waals surface area contributed by atoms with E-state index in [4.69, 9.17) is 0 Å². The summed E-state index contributed by atoms with van der Waals surface area (Å²) in [6.45, 7) is 8.45. The van der Waals surface area contributed by atoms with Crippen molar-refractivity contribution in [2.24, 2.45) is 5.92 Å². The lowest BCUT2D eigenvalue weighted by Gasteiger charge is -2.27. The van der Waals surface area contributed by atoms with Crippen LogP contribution in [0.2, 0.25) is 0 Å². The summed E-state index contributed by atoms with van der Waals surface area (Å²) in [6, 6.07) is 8.55. The first kappa shape index (κ1) is 16.1. The van der Waals surface area contributed by atoms with Crippen molar-refractivity contribution in [2.75, 3.05) is 13.1 Å². The topological polar surface area (TPSA) is 20.3 Å². The minimum absolute atomic E-state index is 0.149. The van der Waals surface area contributed by atoms with Crippen molar-refractivity contribution in [3.63, 3.8) is 0 Å². The largest absolute Gasteiger partial charge is 0.342 e. The summed E-state index contributed by atoms with van der Waals surface area (Å²) in [5, 5.41) is 0. The standard InChI is InChI=1S/C19H29NO/c1-4-6-12-20(13-7-5-2)19(21)18-14-16-10-8-9-11-17(16)15(18)3/h8-11,15,18H,4-7,12-14H2,1-3H3/t15-,18-/m0/s1. The number of rotatable bonds is 7. The molecule has 2 rings (SSSR count). The zero-order chi connectivity index (χ0) is 15.2. The number of hydrogen-bond acceptors (Lipinski definition) is 1. The minimum atomic E-state index is 0.149. The molecule has 0 heterocycles. The zero-order valence-corrected chi connectivity index (χ0v) is 13.8. The lowest BCUT2D eigenvalue weighted by atomic mass is 9.93. The molecular formula is C19H29NO. The molecule has 0 saturated carbocycles.